The number of rotatable bonds is 5. The van der Waals surface area contributed by atoms with Gasteiger partial charge in [0.25, 0.3) is 0 Å². The van der Waals surface area contributed by atoms with Crippen LogP contribution in [0.3, 0.4) is 0 Å². The molecule has 0 bridgehead atoms. The highest BCUT2D eigenvalue weighted by molar-refractivity contribution is 6.29. The van der Waals surface area contributed by atoms with Crippen LogP contribution < -0.4 is 0 Å². The van der Waals surface area contributed by atoms with Gasteiger partial charge in [-0.1, -0.05) is 140 Å². The lowest BCUT2D eigenvalue weighted by Crippen LogP contribution is -1.95. The molecule has 0 radical (unpaired) electrons. The van der Waals surface area contributed by atoms with E-state index >= 15 is 0 Å². The fourth-order valence-electron chi connectivity index (χ4n) is 7.82. The topological polar surface area (TPSA) is 9.86 Å². The second-order valence-corrected chi connectivity index (χ2v) is 13.0. The van der Waals surface area contributed by atoms with Gasteiger partial charge in [-0.25, -0.2) is 0 Å². The molecule has 10 rings (SSSR count). The SMILES string of the molecule is c1ccc(-c2cccc(-c3ccc(-n4c5cc(-c6ccccc6)ccc5c5c6c7ccccc7n(-c7ccccc7)c6ccc54)cc3)c2)cc1. The van der Waals surface area contributed by atoms with Gasteiger partial charge in [-0.15, -0.1) is 0 Å². The summed E-state index contributed by atoms with van der Waals surface area (Å²) in [6, 6.07) is 70.3. The maximum Gasteiger partial charge on any atom is 0.0548 e. The second kappa shape index (κ2) is 11.5. The Morgan fingerprint density at radius 1 is 0.240 bits per heavy atom. The molecule has 0 amide bonds. The first-order valence-corrected chi connectivity index (χ1v) is 17.2. The van der Waals surface area contributed by atoms with Crippen molar-refractivity contribution in [1.29, 1.82) is 0 Å². The van der Waals surface area contributed by atoms with Crippen LogP contribution in [0.5, 0.6) is 0 Å². The third kappa shape index (κ3) is 4.50. The van der Waals surface area contributed by atoms with E-state index in [1.807, 2.05) is 0 Å². The molecule has 0 spiro atoms. The van der Waals surface area contributed by atoms with E-state index in [9.17, 15) is 0 Å². The minimum atomic E-state index is 1.14. The Kier molecular flexibility index (Phi) is 6.53. The minimum Gasteiger partial charge on any atom is -0.309 e. The predicted octanol–water partition coefficient (Wildman–Crippen LogP) is 12.9. The third-order valence-corrected chi connectivity index (χ3v) is 10.1. The molecule has 2 heteroatoms. The van der Waals surface area contributed by atoms with Crippen LogP contribution >= 0.6 is 0 Å². The predicted molar refractivity (Wildman–Crippen MR) is 211 cm³/mol. The molecular formula is C48H32N2. The van der Waals surface area contributed by atoms with E-state index in [1.54, 1.807) is 0 Å². The third-order valence-electron chi connectivity index (χ3n) is 10.1. The maximum atomic E-state index is 2.45. The van der Waals surface area contributed by atoms with E-state index in [2.05, 4.69) is 203 Å². The van der Waals surface area contributed by atoms with Crippen LogP contribution in [0.15, 0.2) is 194 Å². The van der Waals surface area contributed by atoms with Crippen molar-refractivity contribution in [2.75, 3.05) is 0 Å². The van der Waals surface area contributed by atoms with Gasteiger partial charge in [-0.05, 0) is 88.0 Å². The standard InChI is InChI=1S/C48H32N2/c1-4-13-33(14-5-1)36-17-12-18-37(31-36)35-23-26-40(27-24-35)50-45-30-29-44-47(41-21-10-11-22-43(41)49(44)39-19-8-3-9-20-39)48(45)42-28-25-38(32-46(42)50)34-15-6-2-7-16-34/h1-32H. The Labute approximate surface area is 290 Å². The number of para-hydroxylation sites is 2. The van der Waals surface area contributed by atoms with Crippen molar-refractivity contribution in [3.8, 4) is 44.8 Å². The van der Waals surface area contributed by atoms with Crippen LogP contribution in [0.25, 0.3) is 88.4 Å². The van der Waals surface area contributed by atoms with Crippen molar-refractivity contribution >= 4 is 43.6 Å². The summed E-state index contributed by atoms with van der Waals surface area (Å²) in [5.41, 5.74) is 14.4. The first kappa shape index (κ1) is 28.4. The molecule has 8 aromatic carbocycles. The van der Waals surface area contributed by atoms with Gasteiger partial charge in [0.2, 0.25) is 0 Å². The molecule has 0 N–H and O–H groups in total. The molecule has 0 aliphatic heterocycles. The molecule has 0 unspecified atom stereocenters. The van der Waals surface area contributed by atoms with E-state index in [4.69, 9.17) is 0 Å². The van der Waals surface area contributed by atoms with Gasteiger partial charge < -0.3 is 9.13 Å². The van der Waals surface area contributed by atoms with Gasteiger partial charge in [-0.3, -0.25) is 0 Å². The molecule has 2 heterocycles. The Morgan fingerprint density at radius 3 is 1.32 bits per heavy atom. The molecule has 2 aromatic heterocycles. The maximum absolute atomic E-state index is 2.45. The molecule has 10 aromatic rings. The van der Waals surface area contributed by atoms with Gasteiger partial charge in [0.05, 0.1) is 22.1 Å². The average molecular weight is 637 g/mol. The number of nitrogens with zero attached hydrogens (tertiary/aromatic N) is 2. The molecule has 50 heavy (non-hydrogen) atoms. The lowest BCUT2D eigenvalue weighted by molar-refractivity contribution is 1.17. The zero-order chi connectivity index (χ0) is 33.0. The summed E-state index contributed by atoms with van der Waals surface area (Å²) in [4.78, 5) is 0. The number of aromatic nitrogens is 2. The molecule has 0 aliphatic carbocycles. The molecule has 0 aliphatic rings. The molecule has 0 saturated heterocycles. The summed E-state index contributed by atoms with van der Waals surface area (Å²) in [6.07, 6.45) is 0. The number of fused-ring (bicyclic) bond motifs is 7. The summed E-state index contributed by atoms with van der Waals surface area (Å²) in [6.45, 7) is 0. The van der Waals surface area contributed by atoms with E-state index in [1.165, 1.54) is 82.7 Å². The van der Waals surface area contributed by atoms with Crippen molar-refractivity contribution in [2.45, 2.75) is 0 Å². The lowest BCUT2D eigenvalue weighted by Gasteiger charge is -2.11. The average Bonchev–Trinajstić information content (AvgIpc) is 3.71. The lowest BCUT2D eigenvalue weighted by atomic mass is 9.99. The molecule has 0 atom stereocenters. The van der Waals surface area contributed by atoms with Gasteiger partial charge in [0.1, 0.15) is 0 Å². The summed E-state index contributed by atoms with van der Waals surface area (Å²) in [5, 5.41) is 5.08. The monoisotopic (exact) mass is 636 g/mol. The van der Waals surface area contributed by atoms with Crippen molar-refractivity contribution in [1.82, 2.24) is 9.13 Å². The minimum absolute atomic E-state index is 1.14. The zero-order valence-corrected chi connectivity index (χ0v) is 27.4. The molecule has 0 fully saturated rings. The van der Waals surface area contributed by atoms with Crippen LogP contribution in [0.1, 0.15) is 0 Å². The number of benzene rings is 8. The highest BCUT2D eigenvalue weighted by Gasteiger charge is 2.21. The van der Waals surface area contributed by atoms with Crippen molar-refractivity contribution in [3.05, 3.63) is 194 Å². The quantitative estimate of drug-likeness (QED) is 0.178. The Morgan fingerprint density at radius 2 is 0.680 bits per heavy atom. The van der Waals surface area contributed by atoms with Crippen LogP contribution in [-0.2, 0) is 0 Å². The summed E-state index contributed by atoms with van der Waals surface area (Å²) < 4.78 is 4.86. The van der Waals surface area contributed by atoms with Gasteiger partial charge in [-0.2, -0.15) is 0 Å². The van der Waals surface area contributed by atoms with E-state index in [-0.39, 0.29) is 0 Å². The molecular weight excluding hydrogens is 605 g/mol. The summed E-state index contributed by atoms with van der Waals surface area (Å²) >= 11 is 0. The molecule has 0 saturated carbocycles. The molecule has 2 nitrogen and oxygen atoms in total. The van der Waals surface area contributed by atoms with Gasteiger partial charge in [0, 0.05) is 32.9 Å². The fourth-order valence-corrected chi connectivity index (χ4v) is 7.82. The van der Waals surface area contributed by atoms with Crippen LogP contribution in [0, 0.1) is 0 Å². The summed E-state index contributed by atoms with van der Waals surface area (Å²) in [7, 11) is 0. The first-order chi connectivity index (χ1) is 24.8. The number of hydrogen-bond donors (Lipinski definition) is 0. The van der Waals surface area contributed by atoms with E-state index in [0.717, 1.165) is 5.69 Å². The summed E-state index contributed by atoms with van der Waals surface area (Å²) in [5.74, 6) is 0. The Hall–Kier alpha value is -6.64. The normalized spacial score (nSPS) is 11.6. The fraction of sp³-hybridized carbons (Fsp3) is 0. The van der Waals surface area contributed by atoms with Gasteiger partial charge >= 0.3 is 0 Å². The smallest absolute Gasteiger partial charge is 0.0548 e. The second-order valence-electron chi connectivity index (χ2n) is 13.0. The largest absolute Gasteiger partial charge is 0.309 e. The van der Waals surface area contributed by atoms with Crippen LogP contribution in [0.2, 0.25) is 0 Å². The highest BCUT2D eigenvalue weighted by atomic mass is 15.0. The van der Waals surface area contributed by atoms with Crippen LogP contribution in [0.4, 0.5) is 0 Å². The van der Waals surface area contributed by atoms with Crippen molar-refractivity contribution in [2.24, 2.45) is 0 Å². The highest BCUT2D eigenvalue weighted by Crippen LogP contribution is 2.43. The van der Waals surface area contributed by atoms with Crippen LogP contribution in [-0.4, -0.2) is 9.13 Å². The van der Waals surface area contributed by atoms with E-state index in [0.29, 0.717) is 0 Å². The Bertz CT molecular complexity index is 2820. The zero-order valence-electron chi connectivity index (χ0n) is 27.4. The van der Waals surface area contributed by atoms with Crippen molar-refractivity contribution in [3.63, 3.8) is 0 Å². The number of hydrogen-bond acceptors (Lipinski definition) is 0. The first-order valence-electron chi connectivity index (χ1n) is 17.2. The molecule has 234 valence electrons. The Balaban J connectivity index is 1.22. The van der Waals surface area contributed by atoms with E-state index < -0.39 is 0 Å². The van der Waals surface area contributed by atoms with Crippen molar-refractivity contribution < 1.29 is 0 Å². The van der Waals surface area contributed by atoms with Gasteiger partial charge in [0.15, 0.2) is 0 Å².